The Kier molecular flexibility index (Phi) is 9.23. The van der Waals surface area contributed by atoms with Crippen molar-refractivity contribution >= 4 is 116 Å². The van der Waals surface area contributed by atoms with Crippen LogP contribution < -0.4 is 9.44 Å². The van der Waals surface area contributed by atoms with Gasteiger partial charge in [0, 0.05) is 39.9 Å². The van der Waals surface area contributed by atoms with Crippen LogP contribution in [0.4, 0.5) is 0 Å². The molecule has 154 valence electrons. The molecule has 0 saturated carbocycles. The Morgan fingerprint density at radius 1 is 0.536 bits per heavy atom. The van der Waals surface area contributed by atoms with Crippen molar-refractivity contribution in [2.75, 3.05) is 13.1 Å². The fraction of sp³-hybridized carbons (Fsp3) is 0.143. The third-order valence-corrected chi connectivity index (χ3v) is 11.8. The Morgan fingerprint density at radius 3 is 1.14 bits per heavy atom. The number of nitrogens with one attached hydrogen (secondary N) is 2. The molecule has 0 aliphatic rings. The van der Waals surface area contributed by atoms with Gasteiger partial charge in [0.15, 0.2) is 0 Å². The van der Waals surface area contributed by atoms with Crippen LogP contribution in [-0.4, -0.2) is 29.9 Å². The lowest BCUT2D eigenvalue weighted by molar-refractivity contribution is 0.570. The van der Waals surface area contributed by atoms with Gasteiger partial charge in [0.05, 0.1) is 9.79 Å². The number of hydrogen-bond donors (Lipinski definition) is 2. The van der Waals surface area contributed by atoms with Crippen LogP contribution in [0.5, 0.6) is 0 Å². The second-order valence-corrected chi connectivity index (χ2v) is 13.8. The predicted molar refractivity (Wildman–Crippen MR) is 129 cm³/mol. The highest BCUT2D eigenvalue weighted by molar-refractivity contribution is 9.13. The molecule has 0 aliphatic heterocycles. The van der Waals surface area contributed by atoms with E-state index in [-0.39, 0.29) is 22.9 Å². The Balaban J connectivity index is 2.08. The van der Waals surface area contributed by atoms with E-state index in [9.17, 15) is 16.8 Å². The molecule has 0 radical (unpaired) electrons. The van der Waals surface area contributed by atoms with Crippen molar-refractivity contribution in [3.63, 3.8) is 0 Å². The molecule has 2 aromatic carbocycles. The zero-order valence-corrected chi connectivity index (χ0v) is 24.6. The molecule has 2 rings (SSSR count). The smallest absolute Gasteiger partial charge is 0.210 e. The summed E-state index contributed by atoms with van der Waals surface area (Å²) in [6.07, 6.45) is 0. The van der Waals surface area contributed by atoms with Gasteiger partial charge >= 0.3 is 0 Å². The Hall–Kier alpha value is 1.14. The molecule has 28 heavy (non-hydrogen) atoms. The van der Waals surface area contributed by atoms with Gasteiger partial charge in [0.1, 0.15) is 0 Å². The van der Waals surface area contributed by atoms with Gasteiger partial charge in [0.2, 0.25) is 20.0 Å². The van der Waals surface area contributed by atoms with Gasteiger partial charge in [-0.2, -0.15) is 0 Å². The number of hydrogen-bond acceptors (Lipinski definition) is 4. The Bertz CT molecular complexity index is 1030. The summed E-state index contributed by atoms with van der Waals surface area (Å²) < 4.78 is 57.9. The molecule has 2 aromatic rings. The van der Waals surface area contributed by atoms with E-state index in [1.807, 2.05) is 0 Å². The van der Waals surface area contributed by atoms with Crippen LogP contribution in [0.3, 0.4) is 0 Å². The summed E-state index contributed by atoms with van der Waals surface area (Å²) in [6, 6.07) is 6.09. The van der Waals surface area contributed by atoms with E-state index in [1.54, 1.807) is 12.1 Å². The normalized spacial score (nSPS) is 12.4. The average Bonchev–Trinajstić information content (AvgIpc) is 2.58. The van der Waals surface area contributed by atoms with Crippen molar-refractivity contribution in [2.45, 2.75) is 9.79 Å². The maximum absolute atomic E-state index is 12.5. The van der Waals surface area contributed by atoms with Gasteiger partial charge < -0.3 is 0 Å². The lowest BCUT2D eigenvalue weighted by Crippen LogP contribution is -2.35. The molecular formula is C14H10Br6N2O4S2. The van der Waals surface area contributed by atoms with E-state index < -0.39 is 20.0 Å². The topological polar surface area (TPSA) is 92.3 Å². The van der Waals surface area contributed by atoms with E-state index in [2.05, 4.69) is 105 Å². The second kappa shape index (κ2) is 10.2. The van der Waals surface area contributed by atoms with E-state index in [4.69, 9.17) is 0 Å². The van der Waals surface area contributed by atoms with Gasteiger partial charge in [-0.15, -0.1) is 0 Å². The van der Waals surface area contributed by atoms with Crippen LogP contribution in [-0.2, 0) is 20.0 Å². The minimum absolute atomic E-state index is 0.0324. The highest BCUT2D eigenvalue weighted by Gasteiger charge is 2.21. The van der Waals surface area contributed by atoms with E-state index in [1.165, 1.54) is 12.1 Å². The lowest BCUT2D eigenvalue weighted by Gasteiger charge is -2.12. The molecule has 0 unspecified atom stereocenters. The Labute approximate surface area is 213 Å². The molecule has 0 aromatic heterocycles. The van der Waals surface area contributed by atoms with Crippen LogP contribution in [0.1, 0.15) is 0 Å². The van der Waals surface area contributed by atoms with Crippen molar-refractivity contribution in [1.82, 2.24) is 9.44 Å². The van der Waals surface area contributed by atoms with Gasteiger partial charge in [-0.05, 0) is 120 Å². The quantitative estimate of drug-likeness (QED) is 0.285. The maximum atomic E-state index is 12.5. The summed E-state index contributed by atoms with van der Waals surface area (Å²) in [5.74, 6) is 0. The van der Waals surface area contributed by atoms with Gasteiger partial charge in [-0.1, -0.05) is 0 Å². The fourth-order valence-corrected chi connectivity index (χ4v) is 8.43. The summed E-state index contributed by atoms with van der Waals surface area (Å²) >= 11 is 19.5. The fourth-order valence-electron chi connectivity index (χ4n) is 1.95. The summed E-state index contributed by atoms with van der Waals surface area (Å²) in [5, 5.41) is 0. The largest absolute Gasteiger partial charge is 0.241 e. The molecule has 0 spiro atoms. The van der Waals surface area contributed by atoms with Crippen LogP contribution >= 0.6 is 95.6 Å². The van der Waals surface area contributed by atoms with Crippen molar-refractivity contribution in [3.05, 3.63) is 51.1 Å². The molecule has 0 atom stereocenters. The van der Waals surface area contributed by atoms with Crippen molar-refractivity contribution in [3.8, 4) is 0 Å². The minimum atomic E-state index is -3.84. The van der Waals surface area contributed by atoms with Crippen LogP contribution in [0.2, 0.25) is 0 Å². The predicted octanol–water partition coefficient (Wildman–Crippen LogP) is 5.52. The number of benzene rings is 2. The third-order valence-electron chi connectivity index (χ3n) is 3.24. The standard InChI is InChI=1S/C14H10Br6N2O4S2/c15-7-3-11(19)13(5-9(7)17)27(23,24)21-1-2-22-28(25,26)14-6-10(18)8(16)4-12(14)20/h3-6,21-22H,1-2H2. The summed E-state index contributed by atoms with van der Waals surface area (Å²) in [7, 11) is -7.68. The molecule has 2 N–H and O–H groups in total. The molecule has 14 heteroatoms. The van der Waals surface area contributed by atoms with Crippen molar-refractivity contribution < 1.29 is 16.8 Å². The van der Waals surface area contributed by atoms with Crippen molar-refractivity contribution in [2.24, 2.45) is 0 Å². The van der Waals surface area contributed by atoms with E-state index >= 15 is 0 Å². The monoisotopic (exact) mass is 808 g/mol. The molecule has 0 fully saturated rings. The molecule has 0 heterocycles. The number of rotatable bonds is 7. The summed E-state index contributed by atoms with van der Waals surface area (Å²) in [4.78, 5) is 0.0648. The highest BCUT2D eigenvalue weighted by atomic mass is 79.9. The average molecular weight is 814 g/mol. The summed E-state index contributed by atoms with van der Waals surface area (Å²) in [5.41, 5.74) is 0. The number of sulfonamides is 2. The molecule has 6 nitrogen and oxygen atoms in total. The SMILES string of the molecule is O=S(=O)(NCCNS(=O)(=O)c1cc(Br)c(Br)cc1Br)c1cc(Br)c(Br)cc1Br. The van der Waals surface area contributed by atoms with E-state index in [0.29, 0.717) is 26.8 Å². The van der Waals surface area contributed by atoms with Crippen LogP contribution in [0, 0.1) is 0 Å². The zero-order chi connectivity index (χ0) is 21.3. The minimum Gasteiger partial charge on any atom is -0.210 e. The molecule has 0 amide bonds. The Morgan fingerprint density at radius 2 is 0.821 bits per heavy atom. The van der Waals surface area contributed by atoms with Gasteiger partial charge in [0.25, 0.3) is 0 Å². The van der Waals surface area contributed by atoms with Gasteiger partial charge in [-0.3, -0.25) is 0 Å². The summed E-state index contributed by atoms with van der Waals surface area (Å²) in [6.45, 7) is -0.256. The molecule has 0 saturated heterocycles. The molecular weight excluding hydrogens is 804 g/mol. The van der Waals surface area contributed by atoms with Crippen LogP contribution in [0.25, 0.3) is 0 Å². The second-order valence-electron chi connectivity index (χ2n) is 5.19. The van der Waals surface area contributed by atoms with Crippen molar-refractivity contribution in [1.29, 1.82) is 0 Å². The van der Waals surface area contributed by atoms with Gasteiger partial charge in [-0.25, -0.2) is 26.3 Å². The van der Waals surface area contributed by atoms with E-state index in [0.717, 1.165) is 0 Å². The molecule has 0 bridgehead atoms. The first kappa shape index (κ1) is 25.4. The van der Waals surface area contributed by atoms with Crippen LogP contribution in [0.15, 0.2) is 60.9 Å². The highest BCUT2D eigenvalue weighted by Crippen LogP contribution is 2.33. The first-order valence-electron chi connectivity index (χ1n) is 7.13. The number of halogens is 6. The first-order chi connectivity index (χ1) is 12.8. The first-order valence-corrected chi connectivity index (χ1v) is 14.9. The zero-order valence-electron chi connectivity index (χ0n) is 13.4. The maximum Gasteiger partial charge on any atom is 0.241 e. The lowest BCUT2D eigenvalue weighted by atomic mass is 10.4. The molecule has 0 aliphatic carbocycles. The third kappa shape index (κ3) is 6.33.